The second kappa shape index (κ2) is 9.16. The number of benzene rings is 3. The number of hydrogen-bond acceptors (Lipinski definition) is 2. The molecule has 4 rings (SSSR count). The molecule has 1 heterocycles. The molecule has 0 radical (unpaired) electrons. The predicted molar refractivity (Wildman–Crippen MR) is 114 cm³/mol. The minimum atomic E-state index is -5.00. The van der Waals surface area contributed by atoms with E-state index in [1.54, 1.807) is 0 Å². The Labute approximate surface area is 203 Å². The summed E-state index contributed by atoms with van der Waals surface area (Å²) in [6.07, 6.45) is -13.0. The molecule has 12 heteroatoms. The SMILES string of the molecule is O=C1C(c2ccc(C(F)(F)F)cc2)=CC(c2cccc(OC(F)(F)F)c2)N1c1ccc(C(F)(F)F)cc1. The van der Waals surface area contributed by atoms with Gasteiger partial charge >= 0.3 is 18.7 Å². The van der Waals surface area contributed by atoms with E-state index < -0.39 is 47.5 Å². The fourth-order valence-electron chi connectivity index (χ4n) is 3.85. The molecule has 1 amide bonds. The molecule has 0 bridgehead atoms. The summed E-state index contributed by atoms with van der Waals surface area (Å²) in [5.74, 6) is -1.37. The average molecular weight is 531 g/mol. The van der Waals surface area contributed by atoms with Crippen molar-refractivity contribution in [3.63, 3.8) is 0 Å². The second-order valence-electron chi connectivity index (χ2n) is 7.94. The molecule has 0 aromatic heterocycles. The van der Waals surface area contributed by atoms with Crippen molar-refractivity contribution < 1.29 is 49.0 Å². The second-order valence-corrected chi connectivity index (χ2v) is 7.94. The molecule has 1 atom stereocenters. The van der Waals surface area contributed by atoms with Gasteiger partial charge in [0.25, 0.3) is 5.91 Å². The van der Waals surface area contributed by atoms with E-state index >= 15 is 0 Å². The zero-order chi connectivity index (χ0) is 27.2. The Morgan fingerprint density at radius 3 is 1.76 bits per heavy atom. The van der Waals surface area contributed by atoms with E-state index in [-0.39, 0.29) is 22.4 Å². The first kappa shape index (κ1) is 26.1. The number of rotatable bonds is 4. The van der Waals surface area contributed by atoms with Crippen LogP contribution in [0.4, 0.5) is 45.2 Å². The summed E-state index contributed by atoms with van der Waals surface area (Å²) in [5, 5.41) is 0. The molecule has 0 saturated carbocycles. The highest BCUT2D eigenvalue weighted by molar-refractivity contribution is 6.29. The minimum Gasteiger partial charge on any atom is -0.406 e. The van der Waals surface area contributed by atoms with Crippen LogP contribution in [0.5, 0.6) is 5.75 Å². The topological polar surface area (TPSA) is 29.5 Å². The Morgan fingerprint density at radius 2 is 1.24 bits per heavy atom. The van der Waals surface area contributed by atoms with Gasteiger partial charge in [-0.2, -0.15) is 26.3 Å². The molecule has 0 aliphatic carbocycles. The normalized spacial score (nSPS) is 16.7. The molecule has 1 aliphatic rings. The van der Waals surface area contributed by atoms with E-state index in [9.17, 15) is 44.3 Å². The summed E-state index contributed by atoms with van der Waals surface area (Å²) in [6.45, 7) is 0. The lowest BCUT2D eigenvalue weighted by atomic mass is 10.0. The number of carbonyl (C=O) groups excluding carboxylic acids is 1. The van der Waals surface area contributed by atoms with Crippen LogP contribution in [0.15, 0.2) is 78.9 Å². The maximum atomic E-state index is 13.4. The third-order valence-corrected chi connectivity index (χ3v) is 5.48. The first-order valence-electron chi connectivity index (χ1n) is 10.4. The van der Waals surface area contributed by atoms with Crippen molar-refractivity contribution in [3.8, 4) is 5.75 Å². The van der Waals surface area contributed by atoms with Crippen LogP contribution < -0.4 is 9.64 Å². The Hall–Kier alpha value is -3.96. The molecule has 3 nitrogen and oxygen atoms in total. The standard InChI is InChI=1S/C25H14F9NO2/c26-23(27,28)16-6-4-14(5-7-16)20-13-21(15-2-1-3-19(12-15)37-25(32,33)34)35(22(20)36)18-10-8-17(9-11-18)24(29,30)31/h1-13,21H. The van der Waals surface area contributed by atoms with Crippen LogP contribution in [0.25, 0.3) is 5.57 Å². The summed E-state index contributed by atoms with van der Waals surface area (Å²) >= 11 is 0. The van der Waals surface area contributed by atoms with Gasteiger partial charge in [-0.25, -0.2) is 0 Å². The molecule has 1 aliphatic heterocycles. The van der Waals surface area contributed by atoms with Crippen LogP contribution in [-0.4, -0.2) is 12.3 Å². The van der Waals surface area contributed by atoms with Gasteiger partial charge < -0.3 is 4.74 Å². The van der Waals surface area contributed by atoms with Crippen LogP contribution >= 0.6 is 0 Å². The van der Waals surface area contributed by atoms with E-state index in [1.165, 1.54) is 18.2 Å². The number of amides is 1. The Morgan fingerprint density at radius 1 is 0.703 bits per heavy atom. The molecule has 3 aromatic rings. The summed E-state index contributed by atoms with van der Waals surface area (Å²) < 4.78 is 120. The van der Waals surface area contributed by atoms with Gasteiger partial charge in [0.15, 0.2) is 0 Å². The summed E-state index contributed by atoms with van der Waals surface area (Å²) in [5.41, 5.74) is -1.84. The van der Waals surface area contributed by atoms with Gasteiger partial charge in [-0.05, 0) is 65.7 Å². The Kier molecular flexibility index (Phi) is 6.47. The molecule has 194 valence electrons. The highest BCUT2D eigenvalue weighted by atomic mass is 19.4. The maximum absolute atomic E-state index is 13.4. The highest BCUT2D eigenvalue weighted by Gasteiger charge is 2.38. The molecular formula is C25H14F9NO2. The number of carbonyl (C=O) groups is 1. The van der Waals surface area contributed by atoms with Gasteiger partial charge in [-0.1, -0.05) is 24.3 Å². The molecule has 0 saturated heterocycles. The van der Waals surface area contributed by atoms with Crippen molar-refractivity contribution in [2.24, 2.45) is 0 Å². The lowest BCUT2D eigenvalue weighted by Gasteiger charge is -2.26. The minimum absolute atomic E-state index is 0.0108. The number of anilines is 1. The van der Waals surface area contributed by atoms with Crippen molar-refractivity contribution >= 4 is 17.2 Å². The van der Waals surface area contributed by atoms with E-state index in [0.717, 1.165) is 65.6 Å². The van der Waals surface area contributed by atoms with Crippen LogP contribution in [0.3, 0.4) is 0 Å². The molecule has 0 N–H and O–H groups in total. The number of ether oxygens (including phenoxy) is 1. The van der Waals surface area contributed by atoms with Gasteiger partial charge in [0.05, 0.1) is 17.2 Å². The van der Waals surface area contributed by atoms with Crippen molar-refractivity contribution in [1.29, 1.82) is 0 Å². The van der Waals surface area contributed by atoms with E-state index in [2.05, 4.69) is 4.74 Å². The predicted octanol–water partition coefficient (Wildman–Crippen LogP) is 7.79. The molecule has 0 fully saturated rings. The number of hydrogen-bond donors (Lipinski definition) is 0. The van der Waals surface area contributed by atoms with Crippen molar-refractivity contribution in [1.82, 2.24) is 0 Å². The van der Waals surface area contributed by atoms with E-state index in [0.29, 0.717) is 0 Å². The molecule has 0 spiro atoms. The fraction of sp³-hybridized carbons (Fsp3) is 0.160. The molecular weight excluding hydrogens is 517 g/mol. The lowest BCUT2D eigenvalue weighted by molar-refractivity contribution is -0.274. The van der Waals surface area contributed by atoms with Gasteiger partial charge in [-0.3, -0.25) is 9.69 Å². The fourth-order valence-corrected chi connectivity index (χ4v) is 3.85. The third-order valence-electron chi connectivity index (χ3n) is 5.48. The zero-order valence-corrected chi connectivity index (χ0v) is 18.2. The van der Waals surface area contributed by atoms with Gasteiger partial charge in [0, 0.05) is 11.3 Å². The highest BCUT2D eigenvalue weighted by Crippen LogP contribution is 2.42. The van der Waals surface area contributed by atoms with Crippen molar-refractivity contribution in [2.45, 2.75) is 24.8 Å². The van der Waals surface area contributed by atoms with Gasteiger partial charge in [0.1, 0.15) is 5.75 Å². The van der Waals surface area contributed by atoms with Crippen LogP contribution in [0.2, 0.25) is 0 Å². The van der Waals surface area contributed by atoms with Gasteiger partial charge in [-0.15, -0.1) is 13.2 Å². The van der Waals surface area contributed by atoms with Crippen LogP contribution in [-0.2, 0) is 17.1 Å². The van der Waals surface area contributed by atoms with Crippen molar-refractivity contribution in [3.05, 3.63) is 101 Å². The molecule has 37 heavy (non-hydrogen) atoms. The first-order valence-corrected chi connectivity index (χ1v) is 10.4. The number of halogens is 9. The van der Waals surface area contributed by atoms with Crippen LogP contribution in [0, 0.1) is 0 Å². The largest absolute Gasteiger partial charge is 0.573 e. The molecule has 1 unspecified atom stereocenters. The van der Waals surface area contributed by atoms with Crippen LogP contribution in [0.1, 0.15) is 28.3 Å². The van der Waals surface area contributed by atoms with E-state index in [1.807, 2.05) is 0 Å². The van der Waals surface area contributed by atoms with E-state index in [4.69, 9.17) is 0 Å². The molecule has 3 aromatic carbocycles. The Bertz CT molecular complexity index is 1320. The van der Waals surface area contributed by atoms with Crippen molar-refractivity contribution in [2.75, 3.05) is 4.90 Å². The van der Waals surface area contributed by atoms with Gasteiger partial charge in [0.2, 0.25) is 0 Å². The average Bonchev–Trinajstić information content (AvgIpc) is 3.14. The third kappa shape index (κ3) is 5.73. The zero-order valence-electron chi connectivity index (χ0n) is 18.2. The summed E-state index contributed by atoms with van der Waals surface area (Å²) in [4.78, 5) is 14.4. The summed E-state index contributed by atoms with van der Waals surface area (Å²) in [6, 6.07) is 10.7. The number of alkyl halides is 9. The smallest absolute Gasteiger partial charge is 0.406 e. The first-order chi connectivity index (χ1) is 17.1. The summed E-state index contributed by atoms with van der Waals surface area (Å²) in [7, 11) is 0. The quantitative estimate of drug-likeness (QED) is 0.322. The number of nitrogens with zero attached hydrogens (tertiary/aromatic N) is 1. The monoisotopic (exact) mass is 531 g/mol. The lowest BCUT2D eigenvalue weighted by Crippen LogP contribution is -2.29. The maximum Gasteiger partial charge on any atom is 0.573 e. The Balaban J connectivity index is 1.78.